The minimum atomic E-state index is 0.190. The van der Waals surface area contributed by atoms with Crippen molar-refractivity contribution < 1.29 is 9.84 Å². The Hall–Kier alpha value is -0.0500. The minimum Gasteiger partial charge on any atom is -0.394 e. The van der Waals surface area contributed by atoms with Gasteiger partial charge < -0.3 is 9.84 Å². The number of halogens is 1. The van der Waals surface area contributed by atoms with Crippen LogP contribution >= 0.6 is 11.6 Å². The van der Waals surface area contributed by atoms with Crippen molar-refractivity contribution in [2.24, 2.45) is 0 Å². The number of aliphatic hydroxyl groups excluding tert-OH is 1. The van der Waals surface area contributed by atoms with Crippen molar-refractivity contribution in [2.45, 2.75) is 18.9 Å². The van der Waals surface area contributed by atoms with Gasteiger partial charge in [0.25, 0.3) is 0 Å². The lowest BCUT2D eigenvalue weighted by molar-refractivity contribution is 0.244. The van der Waals surface area contributed by atoms with E-state index in [4.69, 9.17) is 16.7 Å². The molecule has 0 aliphatic carbocycles. The van der Waals surface area contributed by atoms with E-state index in [-0.39, 0.29) is 12.7 Å². The standard InChI is InChI=1S/C5H9Cl.C3H6O2/c1-2-3-4-5-6;4-1-3-2-5-3/h2H,1,3-5H2;3-4H,1-2H2. The number of aliphatic hydroxyl groups is 1. The Kier molecular flexibility index (Phi) is 8.01. The predicted molar refractivity (Wildman–Crippen MR) is 47.0 cm³/mol. The first-order valence-corrected chi connectivity index (χ1v) is 4.28. The third kappa shape index (κ3) is 9.95. The van der Waals surface area contributed by atoms with Crippen molar-refractivity contribution >= 4 is 11.6 Å². The Morgan fingerprint density at radius 1 is 1.73 bits per heavy atom. The Morgan fingerprint density at radius 3 is 2.45 bits per heavy atom. The summed E-state index contributed by atoms with van der Waals surface area (Å²) in [6.45, 7) is 4.49. The molecule has 1 unspecified atom stereocenters. The minimum absolute atomic E-state index is 0.190. The quantitative estimate of drug-likeness (QED) is 0.307. The van der Waals surface area contributed by atoms with E-state index in [0.29, 0.717) is 0 Å². The lowest BCUT2D eigenvalue weighted by Gasteiger charge is -1.80. The average molecular weight is 179 g/mol. The normalized spacial score (nSPS) is 20.0. The average Bonchev–Trinajstić information content (AvgIpc) is 2.84. The fraction of sp³-hybridized carbons (Fsp3) is 0.750. The van der Waals surface area contributed by atoms with Crippen LogP contribution in [0.15, 0.2) is 12.7 Å². The summed E-state index contributed by atoms with van der Waals surface area (Å²) in [4.78, 5) is 0. The zero-order valence-electron chi connectivity index (χ0n) is 6.63. The summed E-state index contributed by atoms with van der Waals surface area (Å²) in [6, 6.07) is 0. The van der Waals surface area contributed by atoms with Crippen LogP contribution in [0.5, 0.6) is 0 Å². The molecule has 3 heteroatoms. The fourth-order valence-electron chi connectivity index (χ4n) is 0.395. The molecule has 2 nitrogen and oxygen atoms in total. The zero-order valence-corrected chi connectivity index (χ0v) is 7.39. The van der Waals surface area contributed by atoms with Gasteiger partial charge in [0, 0.05) is 5.88 Å². The molecular formula is C8H15ClO2. The molecule has 1 heterocycles. The molecular weight excluding hydrogens is 164 g/mol. The highest BCUT2D eigenvalue weighted by Gasteiger charge is 2.19. The maximum atomic E-state index is 8.08. The highest BCUT2D eigenvalue weighted by Crippen LogP contribution is 2.04. The van der Waals surface area contributed by atoms with Crippen LogP contribution in [-0.2, 0) is 4.74 Å². The van der Waals surface area contributed by atoms with E-state index in [9.17, 15) is 0 Å². The summed E-state index contributed by atoms with van der Waals surface area (Å²) in [5.41, 5.74) is 0. The van der Waals surface area contributed by atoms with Gasteiger partial charge in [-0.2, -0.15) is 0 Å². The van der Waals surface area contributed by atoms with E-state index >= 15 is 0 Å². The van der Waals surface area contributed by atoms with Crippen molar-refractivity contribution in [3.05, 3.63) is 12.7 Å². The Morgan fingerprint density at radius 2 is 2.36 bits per heavy atom. The van der Waals surface area contributed by atoms with Gasteiger partial charge in [-0.05, 0) is 12.8 Å². The molecule has 0 saturated carbocycles. The van der Waals surface area contributed by atoms with E-state index in [2.05, 4.69) is 11.3 Å². The third-order valence-electron chi connectivity index (χ3n) is 1.15. The van der Waals surface area contributed by atoms with Gasteiger partial charge in [0.1, 0.15) is 6.10 Å². The number of epoxide rings is 1. The highest BCUT2D eigenvalue weighted by molar-refractivity contribution is 6.17. The summed E-state index contributed by atoms with van der Waals surface area (Å²) < 4.78 is 4.61. The zero-order chi connectivity index (χ0) is 8.53. The van der Waals surface area contributed by atoms with Crippen molar-refractivity contribution in [1.29, 1.82) is 0 Å². The van der Waals surface area contributed by atoms with Gasteiger partial charge in [-0.15, -0.1) is 18.2 Å². The monoisotopic (exact) mass is 178 g/mol. The fourth-order valence-corrected chi connectivity index (χ4v) is 0.549. The van der Waals surface area contributed by atoms with Crippen molar-refractivity contribution in [2.75, 3.05) is 19.1 Å². The molecule has 0 amide bonds. The lowest BCUT2D eigenvalue weighted by Crippen LogP contribution is -1.88. The molecule has 66 valence electrons. The van der Waals surface area contributed by atoms with E-state index in [1.165, 1.54) is 0 Å². The Labute approximate surface area is 72.8 Å². The van der Waals surface area contributed by atoms with Gasteiger partial charge in [0.05, 0.1) is 13.2 Å². The van der Waals surface area contributed by atoms with Crippen LogP contribution in [0.4, 0.5) is 0 Å². The number of hydrogen-bond acceptors (Lipinski definition) is 2. The van der Waals surface area contributed by atoms with E-state index in [0.717, 1.165) is 25.3 Å². The molecule has 1 saturated heterocycles. The Bertz CT molecular complexity index is 92.1. The summed E-state index contributed by atoms with van der Waals surface area (Å²) in [5, 5.41) is 8.08. The summed E-state index contributed by atoms with van der Waals surface area (Å²) in [5.74, 6) is 0.756. The topological polar surface area (TPSA) is 32.8 Å². The molecule has 1 atom stereocenters. The van der Waals surface area contributed by atoms with Gasteiger partial charge in [-0.3, -0.25) is 0 Å². The lowest BCUT2D eigenvalue weighted by atomic mass is 10.3. The van der Waals surface area contributed by atoms with Crippen LogP contribution in [0.2, 0.25) is 0 Å². The molecule has 0 aromatic heterocycles. The molecule has 0 radical (unpaired) electrons. The molecule has 1 aliphatic rings. The van der Waals surface area contributed by atoms with Crippen LogP contribution in [0.1, 0.15) is 12.8 Å². The van der Waals surface area contributed by atoms with Crippen molar-refractivity contribution in [1.82, 2.24) is 0 Å². The maximum Gasteiger partial charge on any atom is 0.104 e. The summed E-state index contributed by atoms with van der Waals surface area (Å²) in [6.07, 6.45) is 4.17. The molecule has 0 aromatic rings. The smallest absolute Gasteiger partial charge is 0.104 e. The van der Waals surface area contributed by atoms with Crippen LogP contribution in [-0.4, -0.2) is 30.3 Å². The number of rotatable bonds is 4. The molecule has 0 spiro atoms. The number of allylic oxidation sites excluding steroid dienone is 1. The number of unbranched alkanes of at least 4 members (excludes halogenated alkanes) is 1. The van der Waals surface area contributed by atoms with Crippen LogP contribution in [0, 0.1) is 0 Å². The first-order valence-electron chi connectivity index (χ1n) is 3.74. The summed E-state index contributed by atoms with van der Waals surface area (Å²) in [7, 11) is 0. The van der Waals surface area contributed by atoms with Gasteiger partial charge in [0.15, 0.2) is 0 Å². The van der Waals surface area contributed by atoms with Crippen LogP contribution < -0.4 is 0 Å². The molecule has 1 N–H and O–H groups in total. The van der Waals surface area contributed by atoms with Crippen molar-refractivity contribution in [3.63, 3.8) is 0 Å². The second-order valence-electron chi connectivity index (χ2n) is 2.26. The maximum absolute atomic E-state index is 8.08. The second kappa shape index (κ2) is 8.05. The van der Waals surface area contributed by atoms with Gasteiger partial charge in [-0.25, -0.2) is 0 Å². The van der Waals surface area contributed by atoms with E-state index in [1.54, 1.807) is 0 Å². The van der Waals surface area contributed by atoms with Gasteiger partial charge in [-0.1, -0.05) is 6.08 Å². The number of hydrogen-bond donors (Lipinski definition) is 1. The predicted octanol–water partition coefficient (Wildman–Crippen LogP) is 1.57. The number of ether oxygens (including phenoxy) is 1. The molecule has 0 aromatic carbocycles. The SMILES string of the molecule is C=CCCCCl.OCC1CO1. The van der Waals surface area contributed by atoms with Gasteiger partial charge >= 0.3 is 0 Å². The molecule has 0 bridgehead atoms. The first kappa shape index (κ1) is 11.0. The van der Waals surface area contributed by atoms with Crippen molar-refractivity contribution in [3.8, 4) is 0 Å². The van der Waals surface area contributed by atoms with E-state index in [1.807, 2.05) is 6.08 Å². The summed E-state index contributed by atoms with van der Waals surface area (Å²) >= 11 is 5.33. The highest BCUT2D eigenvalue weighted by atomic mass is 35.5. The van der Waals surface area contributed by atoms with Gasteiger partial charge in [0.2, 0.25) is 0 Å². The molecule has 1 rings (SSSR count). The molecule has 11 heavy (non-hydrogen) atoms. The largest absolute Gasteiger partial charge is 0.394 e. The number of alkyl halides is 1. The Balaban J connectivity index is 0.000000183. The second-order valence-corrected chi connectivity index (χ2v) is 2.64. The third-order valence-corrected chi connectivity index (χ3v) is 1.42. The molecule has 1 aliphatic heterocycles. The van der Waals surface area contributed by atoms with Crippen LogP contribution in [0.3, 0.4) is 0 Å². The first-order chi connectivity index (χ1) is 5.35. The van der Waals surface area contributed by atoms with Crippen LogP contribution in [0.25, 0.3) is 0 Å². The van der Waals surface area contributed by atoms with E-state index < -0.39 is 0 Å². The molecule has 1 fully saturated rings.